The number of anilines is 2. The first-order chi connectivity index (χ1) is 9.20. The summed E-state index contributed by atoms with van der Waals surface area (Å²) in [7, 11) is 1.95. The van der Waals surface area contributed by atoms with Crippen molar-refractivity contribution in [1.29, 1.82) is 0 Å². The van der Waals surface area contributed by atoms with Crippen molar-refractivity contribution in [3.8, 4) is 0 Å². The summed E-state index contributed by atoms with van der Waals surface area (Å²) >= 11 is 0. The Hall–Kier alpha value is -2.04. The molecule has 0 amide bonds. The number of nitrogens with one attached hydrogen (secondary N) is 2. The summed E-state index contributed by atoms with van der Waals surface area (Å²) in [6, 6.07) is 2.08. The highest BCUT2D eigenvalue weighted by Gasteiger charge is 2.03. The molecule has 0 aliphatic rings. The van der Waals surface area contributed by atoms with Crippen molar-refractivity contribution in [3.63, 3.8) is 0 Å². The van der Waals surface area contributed by atoms with Crippen LogP contribution in [0.1, 0.15) is 24.6 Å². The second-order valence-electron chi connectivity index (χ2n) is 4.62. The minimum atomic E-state index is 0.762. The van der Waals surface area contributed by atoms with E-state index in [1.807, 2.05) is 30.3 Å². The fourth-order valence-electron chi connectivity index (χ4n) is 1.82. The Balaban J connectivity index is 1.97. The lowest BCUT2D eigenvalue weighted by Crippen LogP contribution is -2.04. The van der Waals surface area contributed by atoms with E-state index in [9.17, 15) is 0 Å². The zero-order valence-corrected chi connectivity index (χ0v) is 11.8. The molecule has 0 aliphatic heterocycles. The molecule has 0 fully saturated rings. The van der Waals surface area contributed by atoms with Crippen LogP contribution in [0.15, 0.2) is 24.7 Å². The smallest absolute Gasteiger partial charge is 0.0550 e. The van der Waals surface area contributed by atoms with Crippen molar-refractivity contribution in [1.82, 2.24) is 14.8 Å². The topological polar surface area (TPSA) is 54.8 Å². The van der Waals surface area contributed by atoms with E-state index < -0.39 is 0 Å². The molecular weight excluding hydrogens is 238 g/mol. The molecule has 0 saturated carbocycles. The Bertz CT molecular complexity index is 532. The van der Waals surface area contributed by atoms with Crippen LogP contribution in [0.2, 0.25) is 0 Å². The van der Waals surface area contributed by atoms with Crippen LogP contribution >= 0.6 is 0 Å². The summed E-state index contributed by atoms with van der Waals surface area (Å²) in [6.07, 6.45) is 6.68. The first-order valence-electron chi connectivity index (χ1n) is 6.61. The van der Waals surface area contributed by atoms with Crippen molar-refractivity contribution >= 4 is 11.4 Å². The van der Waals surface area contributed by atoms with Gasteiger partial charge in [-0.05, 0) is 19.4 Å². The number of pyridine rings is 1. The third kappa shape index (κ3) is 3.47. The molecule has 2 N–H and O–H groups in total. The average molecular weight is 259 g/mol. The number of hydrogen-bond acceptors (Lipinski definition) is 4. The van der Waals surface area contributed by atoms with E-state index in [2.05, 4.69) is 40.6 Å². The van der Waals surface area contributed by atoms with Crippen molar-refractivity contribution in [2.24, 2.45) is 7.05 Å². The Kier molecular flexibility index (Phi) is 4.39. The van der Waals surface area contributed by atoms with Gasteiger partial charge in [0, 0.05) is 31.4 Å². The lowest BCUT2D eigenvalue weighted by atomic mass is 10.2. The van der Waals surface area contributed by atoms with Gasteiger partial charge in [0.15, 0.2) is 0 Å². The molecule has 19 heavy (non-hydrogen) atoms. The van der Waals surface area contributed by atoms with E-state index in [1.54, 1.807) is 0 Å². The molecule has 0 unspecified atom stereocenters. The minimum absolute atomic E-state index is 0.762. The van der Waals surface area contributed by atoms with Gasteiger partial charge in [-0.3, -0.25) is 9.67 Å². The standard InChI is InChI=1S/C14H21N5/c1-4-5-16-13-6-14(10-15-9-13)17-7-12-8-18-19(3)11(12)2/h6,8-10,16-17H,4-5,7H2,1-3H3. The maximum atomic E-state index is 4.24. The quantitative estimate of drug-likeness (QED) is 0.837. The Labute approximate surface area is 114 Å². The molecule has 0 atom stereocenters. The SMILES string of the molecule is CCCNc1cncc(NCc2cnn(C)c2C)c1. The summed E-state index contributed by atoms with van der Waals surface area (Å²) < 4.78 is 1.88. The summed E-state index contributed by atoms with van der Waals surface area (Å²) in [4.78, 5) is 4.23. The Morgan fingerprint density at radius 1 is 1.16 bits per heavy atom. The number of nitrogens with zero attached hydrogens (tertiary/aromatic N) is 3. The van der Waals surface area contributed by atoms with E-state index in [0.29, 0.717) is 0 Å². The monoisotopic (exact) mass is 259 g/mol. The molecule has 0 spiro atoms. The van der Waals surface area contributed by atoms with Crippen LogP contribution in [0.4, 0.5) is 11.4 Å². The first kappa shape index (κ1) is 13.4. The molecule has 2 rings (SSSR count). The molecule has 5 heteroatoms. The summed E-state index contributed by atoms with van der Waals surface area (Å²) in [6.45, 7) is 5.95. The number of aromatic nitrogens is 3. The van der Waals surface area contributed by atoms with Crippen molar-refractivity contribution in [2.45, 2.75) is 26.8 Å². The van der Waals surface area contributed by atoms with Gasteiger partial charge in [0.2, 0.25) is 0 Å². The largest absolute Gasteiger partial charge is 0.384 e. The normalized spacial score (nSPS) is 10.5. The van der Waals surface area contributed by atoms with Crippen LogP contribution in [0.5, 0.6) is 0 Å². The maximum absolute atomic E-state index is 4.24. The molecule has 2 aromatic heterocycles. The van der Waals surface area contributed by atoms with Crippen LogP contribution in [0.25, 0.3) is 0 Å². The van der Waals surface area contributed by atoms with Gasteiger partial charge in [-0.15, -0.1) is 0 Å². The fourth-order valence-corrected chi connectivity index (χ4v) is 1.82. The highest BCUT2D eigenvalue weighted by atomic mass is 15.3. The summed E-state index contributed by atoms with van der Waals surface area (Å²) in [5.41, 5.74) is 4.45. The van der Waals surface area contributed by atoms with Gasteiger partial charge in [0.05, 0.1) is 30.0 Å². The molecule has 102 valence electrons. The molecule has 0 aromatic carbocycles. The molecule has 0 radical (unpaired) electrons. The van der Waals surface area contributed by atoms with Crippen molar-refractivity contribution in [3.05, 3.63) is 35.9 Å². The van der Waals surface area contributed by atoms with Gasteiger partial charge < -0.3 is 10.6 Å². The lowest BCUT2D eigenvalue weighted by Gasteiger charge is -2.09. The van der Waals surface area contributed by atoms with Crippen LogP contribution < -0.4 is 10.6 Å². The van der Waals surface area contributed by atoms with E-state index >= 15 is 0 Å². The molecule has 0 bridgehead atoms. The second kappa shape index (κ2) is 6.22. The molecule has 2 aromatic rings. The van der Waals surface area contributed by atoms with Crippen LogP contribution in [-0.2, 0) is 13.6 Å². The van der Waals surface area contributed by atoms with Gasteiger partial charge in [0.1, 0.15) is 0 Å². The van der Waals surface area contributed by atoms with Gasteiger partial charge in [0.25, 0.3) is 0 Å². The van der Waals surface area contributed by atoms with Crippen molar-refractivity contribution in [2.75, 3.05) is 17.2 Å². The van der Waals surface area contributed by atoms with Gasteiger partial charge >= 0.3 is 0 Å². The third-order valence-corrected chi connectivity index (χ3v) is 3.14. The van der Waals surface area contributed by atoms with Gasteiger partial charge in [-0.1, -0.05) is 6.92 Å². The van der Waals surface area contributed by atoms with Crippen LogP contribution in [0, 0.1) is 6.92 Å². The number of aryl methyl sites for hydroxylation is 1. The molecule has 5 nitrogen and oxygen atoms in total. The molecule has 2 heterocycles. The highest BCUT2D eigenvalue weighted by Crippen LogP contribution is 2.15. The zero-order valence-electron chi connectivity index (χ0n) is 11.8. The van der Waals surface area contributed by atoms with E-state index in [4.69, 9.17) is 0 Å². The number of rotatable bonds is 6. The van der Waals surface area contributed by atoms with Crippen molar-refractivity contribution < 1.29 is 0 Å². The fraction of sp³-hybridized carbons (Fsp3) is 0.429. The minimum Gasteiger partial charge on any atom is -0.384 e. The average Bonchev–Trinajstić information content (AvgIpc) is 2.75. The Morgan fingerprint density at radius 3 is 2.53 bits per heavy atom. The summed E-state index contributed by atoms with van der Waals surface area (Å²) in [5, 5.41) is 10.9. The van der Waals surface area contributed by atoms with E-state index in [1.165, 1.54) is 11.3 Å². The maximum Gasteiger partial charge on any atom is 0.0550 e. The summed E-state index contributed by atoms with van der Waals surface area (Å²) in [5.74, 6) is 0. The Morgan fingerprint density at radius 2 is 1.89 bits per heavy atom. The van der Waals surface area contributed by atoms with E-state index in [-0.39, 0.29) is 0 Å². The van der Waals surface area contributed by atoms with Crippen LogP contribution in [-0.4, -0.2) is 21.3 Å². The van der Waals surface area contributed by atoms with E-state index in [0.717, 1.165) is 30.9 Å². The highest BCUT2D eigenvalue weighted by molar-refractivity contribution is 5.54. The first-order valence-corrected chi connectivity index (χ1v) is 6.61. The molecular formula is C14H21N5. The predicted octanol–water partition coefficient (Wildman–Crippen LogP) is 2.56. The van der Waals surface area contributed by atoms with Gasteiger partial charge in [-0.2, -0.15) is 5.10 Å². The van der Waals surface area contributed by atoms with Crippen LogP contribution in [0.3, 0.4) is 0 Å². The van der Waals surface area contributed by atoms with Gasteiger partial charge in [-0.25, -0.2) is 0 Å². The third-order valence-electron chi connectivity index (χ3n) is 3.14. The molecule has 0 aliphatic carbocycles. The second-order valence-corrected chi connectivity index (χ2v) is 4.62. The number of hydrogen-bond donors (Lipinski definition) is 2. The lowest BCUT2D eigenvalue weighted by molar-refractivity contribution is 0.738. The zero-order chi connectivity index (χ0) is 13.7. The molecule has 0 saturated heterocycles. The predicted molar refractivity (Wildman–Crippen MR) is 78.3 cm³/mol.